The molecule has 0 aromatic heterocycles. The van der Waals surface area contributed by atoms with Crippen molar-refractivity contribution >= 4 is 17.9 Å². The molecule has 1 aliphatic rings. The Bertz CT molecular complexity index is 581. The van der Waals surface area contributed by atoms with Crippen LogP contribution in [0, 0.1) is 0 Å². The Morgan fingerprint density at radius 1 is 1.32 bits per heavy atom. The molecule has 1 aromatic carbocycles. The molecule has 7 nitrogen and oxygen atoms in total. The van der Waals surface area contributed by atoms with Gasteiger partial charge in [0.05, 0.1) is 0 Å². The van der Waals surface area contributed by atoms with E-state index in [0.717, 1.165) is 18.4 Å². The van der Waals surface area contributed by atoms with Crippen LogP contribution in [0.5, 0.6) is 0 Å². The number of urea groups is 1. The quantitative estimate of drug-likeness (QED) is 0.725. The number of nitrogens with one attached hydrogen (secondary N) is 1. The molecule has 0 saturated heterocycles. The fraction of sp³-hybridized carbons (Fsp3) is 0.400. The molecule has 1 fully saturated rings. The number of hydrogen-bond acceptors (Lipinski definition) is 3. The highest BCUT2D eigenvalue weighted by atomic mass is 16.4. The molecule has 1 atom stereocenters. The summed E-state index contributed by atoms with van der Waals surface area (Å²) in [5.41, 5.74) is 6.23. The fourth-order valence-corrected chi connectivity index (χ4v) is 2.23. The SMILES string of the molecule is CC(C(=O)O)N(C(=O)c1ccc(CNC(N)=O)cc1)C1CC1. The zero-order valence-corrected chi connectivity index (χ0v) is 12.3. The highest BCUT2D eigenvalue weighted by Crippen LogP contribution is 2.30. The monoisotopic (exact) mass is 305 g/mol. The van der Waals surface area contributed by atoms with Crippen molar-refractivity contribution in [2.75, 3.05) is 0 Å². The predicted octanol–water partition coefficient (Wildman–Crippen LogP) is 0.933. The van der Waals surface area contributed by atoms with Crippen LogP contribution < -0.4 is 11.1 Å². The van der Waals surface area contributed by atoms with Gasteiger partial charge in [0.1, 0.15) is 6.04 Å². The molecule has 0 spiro atoms. The van der Waals surface area contributed by atoms with E-state index in [1.807, 2.05) is 0 Å². The van der Waals surface area contributed by atoms with E-state index in [9.17, 15) is 14.4 Å². The number of carboxylic acids is 1. The number of benzene rings is 1. The first-order valence-corrected chi connectivity index (χ1v) is 7.08. The Hall–Kier alpha value is -2.57. The Kier molecular flexibility index (Phi) is 4.65. The Morgan fingerprint density at radius 2 is 1.91 bits per heavy atom. The third-order valence-electron chi connectivity index (χ3n) is 3.62. The van der Waals surface area contributed by atoms with Crippen LogP contribution in [0.15, 0.2) is 24.3 Å². The van der Waals surface area contributed by atoms with Crippen molar-refractivity contribution in [2.24, 2.45) is 5.73 Å². The largest absolute Gasteiger partial charge is 0.480 e. The Morgan fingerprint density at radius 3 is 2.36 bits per heavy atom. The first-order chi connectivity index (χ1) is 10.4. The summed E-state index contributed by atoms with van der Waals surface area (Å²) in [7, 11) is 0. The number of carboxylic acid groups (broad SMARTS) is 1. The van der Waals surface area contributed by atoms with Gasteiger partial charge < -0.3 is 21.1 Å². The predicted molar refractivity (Wildman–Crippen MR) is 79.2 cm³/mol. The summed E-state index contributed by atoms with van der Waals surface area (Å²) < 4.78 is 0. The first-order valence-electron chi connectivity index (χ1n) is 7.08. The van der Waals surface area contributed by atoms with Crippen LogP contribution in [0.4, 0.5) is 4.79 Å². The second-order valence-electron chi connectivity index (χ2n) is 5.37. The number of carbonyl (C=O) groups excluding carboxylic acids is 2. The van der Waals surface area contributed by atoms with Gasteiger partial charge in [-0.25, -0.2) is 9.59 Å². The molecule has 7 heteroatoms. The van der Waals surface area contributed by atoms with Gasteiger partial charge in [0.2, 0.25) is 0 Å². The standard InChI is InChI=1S/C15H19N3O4/c1-9(14(20)21)18(12-6-7-12)13(19)11-4-2-10(3-5-11)8-17-15(16)22/h2-5,9,12H,6-8H2,1H3,(H,20,21)(H3,16,17,22). The maximum Gasteiger partial charge on any atom is 0.326 e. The van der Waals surface area contributed by atoms with Gasteiger partial charge in [0, 0.05) is 18.2 Å². The molecule has 1 aliphatic carbocycles. The minimum atomic E-state index is -1.01. The van der Waals surface area contributed by atoms with E-state index in [-0.39, 0.29) is 18.5 Å². The Labute approximate surface area is 128 Å². The molecule has 0 heterocycles. The third-order valence-corrected chi connectivity index (χ3v) is 3.62. The zero-order valence-electron chi connectivity index (χ0n) is 12.3. The summed E-state index contributed by atoms with van der Waals surface area (Å²) in [5.74, 6) is -1.30. The number of nitrogens with zero attached hydrogens (tertiary/aromatic N) is 1. The van der Waals surface area contributed by atoms with Crippen LogP contribution in [0.2, 0.25) is 0 Å². The number of primary amides is 1. The van der Waals surface area contributed by atoms with Crippen molar-refractivity contribution in [1.29, 1.82) is 0 Å². The summed E-state index contributed by atoms with van der Waals surface area (Å²) in [5, 5.41) is 11.6. The summed E-state index contributed by atoms with van der Waals surface area (Å²) in [6, 6.07) is 5.22. The van der Waals surface area contributed by atoms with Crippen molar-refractivity contribution < 1.29 is 19.5 Å². The Balaban J connectivity index is 2.10. The van der Waals surface area contributed by atoms with Crippen molar-refractivity contribution in [1.82, 2.24) is 10.2 Å². The van der Waals surface area contributed by atoms with Crippen LogP contribution in [0.1, 0.15) is 35.7 Å². The van der Waals surface area contributed by atoms with E-state index in [0.29, 0.717) is 5.56 Å². The molecule has 1 aromatic rings. The van der Waals surface area contributed by atoms with Crippen LogP contribution in [0.25, 0.3) is 0 Å². The fourth-order valence-electron chi connectivity index (χ4n) is 2.23. The van der Waals surface area contributed by atoms with Crippen LogP contribution in [0.3, 0.4) is 0 Å². The van der Waals surface area contributed by atoms with E-state index >= 15 is 0 Å². The maximum absolute atomic E-state index is 12.5. The molecule has 1 saturated carbocycles. The second-order valence-corrected chi connectivity index (χ2v) is 5.37. The van der Waals surface area contributed by atoms with E-state index < -0.39 is 18.0 Å². The maximum atomic E-state index is 12.5. The zero-order chi connectivity index (χ0) is 16.3. The molecule has 3 amide bonds. The lowest BCUT2D eigenvalue weighted by molar-refractivity contribution is -0.141. The first kappa shape index (κ1) is 15.8. The van der Waals surface area contributed by atoms with Crippen molar-refractivity contribution in [3.63, 3.8) is 0 Å². The average molecular weight is 305 g/mol. The smallest absolute Gasteiger partial charge is 0.326 e. The number of amides is 3. The number of nitrogens with two attached hydrogens (primary N) is 1. The third kappa shape index (κ3) is 3.75. The molecule has 118 valence electrons. The van der Waals surface area contributed by atoms with Gasteiger partial charge in [-0.05, 0) is 37.5 Å². The van der Waals surface area contributed by atoms with Gasteiger partial charge >= 0.3 is 12.0 Å². The highest BCUT2D eigenvalue weighted by molar-refractivity contribution is 5.97. The number of aliphatic carboxylic acids is 1. The lowest BCUT2D eigenvalue weighted by Crippen LogP contribution is -2.44. The molecule has 2 rings (SSSR count). The van der Waals surface area contributed by atoms with E-state index in [2.05, 4.69) is 5.32 Å². The summed E-state index contributed by atoms with van der Waals surface area (Å²) in [6.07, 6.45) is 1.67. The van der Waals surface area contributed by atoms with Crippen LogP contribution in [-0.4, -0.2) is 40.0 Å². The summed E-state index contributed by atoms with van der Waals surface area (Å²) >= 11 is 0. The van der Waals surface area contributed by atoms with Crippen LogP contribution >= 0.6 is 0 Å². The highest BCUT2D eigenvalue weighted by Gasteiger charge is 2.38. The van der Waals surface area contributed by atoms with Gasteiger partial charge in [-0.3, -0.25) is 4.79 Å². The van der Waals surface area contributed by atoms with E-state index in [4.69, 9.17) is 10.8 Å². The molecular formula is C15H19N3O4. The minimum Gasteiger partial charge on any atom is -0.480 e. The van der Waals surface area contributed by atoms with Gasteiger partial charge in [-0.15, -0.1) is 0 Å². The molecule has 0 radical (unpaired) electrons. The van der Waals surface area contributed by atoms with E-state index in [1.165, 1.54) is 11.8 Å². The molecule has 1 unspecified atom stereocenters. The molecule has 0 aliphatic heterocycles. The molecular weight excluding hydrogens is 286 g/mol. The summed E-state index contributed by atoms with van der Waals surface area (Å²) in [4.78, 5) is 35.8. The second kappa shape index (κ2) is 6.46. The van der Waals surface area contributed by atoms with Crippen molar-refractivity contribution in [3.05, 3.63) is 35.4 Å². The van der Waals surface area contributed by atoms with Gasteiger partial charge in [-0.1, -0.05) is 12.1 Å². The normalized spacial score (nSPS) is 15.0. The molecule has 0 bridgehead atoms. The lowest BCUT2D eigenvalue weighted by Gasteiger charge is -2.26. The average Bonchev–Trinajstić information content (AvgIpc) is 3.30. The van der Waals surface area contributed by atoms with Gasteiger partial charge in [-0.2, -0.15) is 0 Å². The van der Waals surface area contributed by atoms with Crippen molar-refractivity contribution in [3.8, 4) is 0 Å². The lowest BCUT2D eigenvalue weighted by atomic mass is 10.1. The van der Waals surface area contributed by atoms with Gasteiger partial charge in [0.25, 0.3) is 5.91 Å². The van der Waals surface area contributed by atoms with Gasteiger partial charge in [0.15, 0.2) is 0 Å². The number of rotatable bonds is 6. The molecule has 4 N–H and O–H groups in total. The number of carbonyl (C=O) groups is 3. The molecule has 22 heavy (non-hydrogen) atoms. The van der Waals surface area contributed by atoms with Crippen LogP contribution in [-0.2, 0) is 11.3 Å². The minimum absolute atomic E-state index is 0.00908. The summed E-state index contributed by atoms with van der Waals surface area (Å²) in [6.45, 7) is 1.80. The van der Waals surface area contributed by atoms with E-state index in [1.54, 1.807) is 24.3 Å². The topological polar surface area (TPSA) is 113 Å². The van der Waals surface area contributed by atoms with Crippen molar-refractivity contribution in [2.45, 2.75) is 38.4 Å². The number of hydrogen-bond donors (Lipinski definition) is 3.